The zero-order valence-electron chi connectivity index (χ0n) is 10.2. The SMILES string of the molecule is CC.CCCC1CCN(C(C)=O)CC1. The van der Waals surface area contributed by atoms with Crippen molar-refractivity contribution in [2.45, 2.75) is 53.4 Å². The Balaban J connectivity index is 0.000000791. The van der Waals surface area contributed by atoms with Crippen molar-refractivity contribution in [2.24, 2.45) is 5.92 Å². The van der Waals surface area contributed by atoms with E-state index in [9.17, 15) is 4.79 Å². The molecule has 2 heteroatoms. The van der Waals surface area contributed by atoms with Gasteiger partial charge in [-0.25, -0.2) is 0 Å². The number of carbonyl (C=O) groups excluding carboxylic acids is 1. The van der Waals surface area contributed by atoms with Crippen molar-refractivity contribution in [3.8, 4) is 0 Å². The Kier molecular flexibility index (Phi) is 7.54. The lowest BCUT2D eigenvalue weighted by atomic mass is 9.92. The van der Waals surface area contributed by atoms with Gasteiger partial charge < -0.3 is 4.90 Å². The molecule has 0 aliphatic carbocycles. The van der Waals surface area contributed by atoms with Gasteiger partial charge in [0.1, 0.15) is 0 Å². The van der Waals surface area contributed by atoms with Crippen LogP contribution in [0.25, 0.3) is 0 Å². The largest absolute Gasteiger partial charge is 0.343 e. The fourth-order valence-corrected chi connectivity index (χ4v) is 1.94. The highest BCUT2D eigenvalue weighted by molar-refractivity contribution is 5.73. The van der Waals surface area contributed by atoms with Gasteiger partial charge in [0.05, 0.1) is 0 Å². The highest BCUT2D eigenvalue weighted by atomic mass is 16.2. The third kappa shape index (κ3) is 4.64. The Labute approximate surface area is 88.7 Å². The van der Waals surface area contributed by atoms with Crippen LogP contribution in [0.1, 0.15) is 53.4 Å². The monoisotopic (exact) mass is 199 g/mol. The lowest BCUT2D eigenvalue weighted by molar-refractivity contribution is -0.130. The first-order valence-electron chi connectivity index (χ1n) is 5.99. The van der Waals surface area contributed by atoms with Gasteiger partial charge in [-0.1, -0.05) is 33.6 Å². The van der Waals surface area contributed by atoms with Crippen molar-refractivity contribution in [1.82, 2.24) is 4.90 Å². The van der Waals surface area contributed by atoms with Crippen molar-refractivity contribution >= 4 is 5.91 Å². The van der Waals surface area contributed by atoms with Crippen molar-refractivity contribution in [1.29, 1.82) is 0 Å². The summed E-state index contributed by atoms with van der Waals surface area (Å²) in [6, 6.07) is 0. The van der Waals surface area contributed by atoms with Gasteiger partial charge in [0.25, 0.3) is 0 Å². The molecule has 0 bridgehead atoms. The molecule has 84 valence electrons. The smallest absolute Gasteiger partial charge is 0.219 e. The van der Waals surface area contributed by atoms with Crippen molar-refractivity contribution in [3.63, 3.8) is 0 Å². The molecule has 0 saturated carbocycles. The average Bonchev–Trinajstić information content (AvgIpc) is 2.22. The van der Waals surface area contributed by atoms with E-state index in [4.69, 9.17) is 0 Å². The predicted molar refractivity (Wildman–Crippen MR) is 61.2 cm³/mol. The van der Waals surface area contributed by atoms with E-state index < -0.39 is 0 Å². The summed E-state index contributed by atoms with van der Waals surface area (Å²) in [5.74, 6) is 1.12. The topological polar surface area (TPSA) is 20.3 Å². The highest BCUT2D eigenvalue weighted by Crippen LogP contribution is 2.21. The van der Waals surface area contributed by atoms with Gasteiger partial charge in [-0.05, 0) is 18.8 Å². The molecule has 1 amide bonds. The van der Waals surface area contributed by atoms with Crippen LogP contribution in [0.4, 0.5) is 0 Å². The van der Waals surface area contributed by atoms with Crippen LogP contribution in [0.15, 0.2) is 0 Å². The highest BCUT2D eigenvalue weighted by Gasteiger charge is 2.19. The Hall–Kier alpha value is -0.530. The first kappa shape index (κ1) is 13.5. The van der Waals surface area contributed by atoms with E-state index in [1.165, 1.54) is 25.7 Å². The van der Waals surface area contributed by atoms with Gasteiger partial charge in [-0.3, -0.25) is 4.79 Å². The van der Waals surface area contributed by atoms with Gasteiger partial charge in [0.2, 0.25) is 5.91 Å². The molecule has 0 aromatic heterocycles. The molecule has 1 aliphatic heterocycles. The molecule has 0 radical (unpaired) electrons. The Morgan fingerprint density at radius 1 is 1.29 bits per heavy atom. The van der Waals surface area contributed by atoms with Crippen LogP contribution in [0.2, 0.25) is 0 Å². The summed E-state index contributed by atoms with van der Waals surface area (Å²) in [7, 11) is 0. The maximum atomic E-state index is 11.0. The first-order valence-corrected chi connectivity index (χ1v) is 5.99. The quantitative estimate of drug-likeness (QED) is 0.669. The molecule has 1 rings (SSSR count). The van der Waals surface area contributed by atoms with Crippen LogP contribution in [0.3, 0.4) is 0 Å². The summed E-state index contributed by atoms with van der Waals surface area (Å²) < 4.78 is 0. The minimum atomic E-state index is 0.241. The van der Waals surface area contributed by atoms with E-state index >= 15 is 0 Å². The maximum absolute atomic E-state index is 11.0. The second kappa shape index (κ2) is 7.84. The van der Waals surface area contributed by atoms with Gasteiger partial charge in [-0.15, -0.1) is 0 Å². The van der Waals surface area contributed by atoms with Crippen LogP contribution in [0.5, 0.6) is 0 Å². The molecule has 0 spiro atoms. The molecule has 1 fully saturated rings. The number of likely N-dealkylation sites (tertiary alicyclic amines) is 1. The third-order valence-corrected chi connectivity index (χ3v) is 2.76. The number of carbonyl (C=O) groups is 1. The summed E-state index contributed by atoms with van der Waals surface area (Å²) in [6.45, 7) is 9.87. The van der Waals surface area contributed by atoms with Crippen molar-refractivity contribution in [3.05, 3.63) is 0 Å². The molecule has 0 atom stereocenters. The molecule has 0 N–H and O–H groups in total. The second-order valence-electron chi connectivity index (χ2n) is 3.74. The zero-order valence-corrected chi connectivity index (χ0v) is 10.2. The van der Waals surface area contributed by atoms with Gasteiger partial charge in [0.15, 0.2) is 0 Å². The average molecular weight is 199 g/mol. The maximum Gasteiger partial charge on any atom is 0.219 e. The van der Waals surface area contributed by atoms with Crippen LogP contribution in [0, 0.1) is 5.92 Å². The second-order valence-corrected chi connectivity index (χ2v) is 3.74. The molecular weight excluding hydrogens is 174 g/mol. The summed E-state index contributed by atoms with van der Waals surface area (Å²) in [4.78, 5) is 13.0. The first-order chi connectivity index (χ1) is 6.74. The van der Waals surface area contributed by atoms with E-state index in [-0.39, 0.29) is 5.91 Å². The van der Waals surface area contributed by atoms with E-state index in [0.717, 1.165) is 19.0 Å². The van der Waals surface area contributed by atoms with E-state index in [0.29, 0.717) is 0 Å². The van der Waals surface area contributed by atoms with Crippen LogP contribution >= 0.6 is 0 Å². The van der Waals surface area contributed by atoms with Crippen LogP contribution in [-0.4, -0.2) is 23.9 Å². The number of hydrogen-bond acceptors (Lipinski definition) is 1. The predicted octanol–water partition coefficient (Wildman–Crippen LogP) is 3.07. The number of amides is 1. The van der Waals surface area contributed by atoms with Gasteiger partial charge >= 0.3 is 0 Å². The van der Waals surface area contributed by atoms with Crippen molar-refractivity contribution in [2.75, 3.05) is 13.1 Å². The molecule has 1 aliphatic rings. The lowest BCUT2D eigenvalue weighted by Crippen LogP contribution is -2.36. The molecule has 1 saturated heterocycles. The van der Waals surface area contributed by atoms with Crippen LogP contribution < -0.4 is 0 Å². The van der Waals surface area contributed by atoms with E-state index in [2.05, 4.69) is 6.92 Å². The molecular formula is C12H25NO. The van der Waals surface area contributed by atoms with Crippen molar-refractivity contribution < 1.29 is 4.79 Å². The van der Waals surface area contributed by atoms with Gasteiger partial charge in [0, 0.05) is 20.0 Å². The Morgan fingerprint density at radius 3 is 2.14 bits per heavy atom. The molecule has 14 heavy (non-hydrogen) atoms. The van der Waals surface area contributed by atoms with Crippen LogP contribution in [-0.2, 0) is 4.79 Å². The molecule has 2 nitrogen and oxygen atoms in total. The number of piperidine rings is 1. The zero-order chi connectivity index (χ0) is 11.0. The summed E-state index contributed by atoms with van der Waals surface area (Å²) in [5, 5.41) is 0. The number of rotatable bonds is 2. The summed E-state index contributed by atoms with van der Waals surface area (Å²) in [5.41, 5.74) is 0. The number of hydrogen-bond donors (Lipinski definition) is 0. The minimum absolute atomic E-state index is 0.241. The number of nitrogens with zero attached hydrogens (tertiary/aromatic N) is 1. The summed E-state index contributed by atoms with van der Waals surface area (Å²) >= 11 is 0. The fraction of sp³-hybridized carbons (Fsp3) is 0.917. The Morgan fingerprint density at radius 2 is 1.79 bits per heavy atom. The molecule has 0 unspecified atom stereocenters. The molecule has 0 aromatic carbocycles. The van der Waals surface area contributed by atoms with Gasteiger partial charge in [-0.2, -0.15) is 0 Å². The summed E-state index contributed by atoms with van der Waals surface area (Å²) in [6.07, 6.45) is 5.05. The lowest BCUT2D eigenvalue weighted by Gasteiger charge is -2.31. The fourth-order valence-electron chi connectivity index (χ4n) is 1.94. The van der Waals surface area contributed by atoms with E-state index in [1.807, 2.05) is 18.7 Å². The third-order valence-electron chi connectivity index (χ3n) is 2.76. The standard InChI is InChI=1S/C10H19NO.C2H6/c1-3-4-10-5-7-11(8-6-10)9(2)12;1-2/h10H,3-8H2,1-2H3;1-2H3. The molecule has 0 aromatic rings. The van der Waals surface area contributed by atoms with E-state index in [1.54, 1.807) is 6.92 Å². The Bertz CT molecular complexity index is 148. The normalized spacial score (nSPS) is 17.3. The minimum Gasteiger partial charge on any atom is -0.343 e. The molecule has 1 heterocycles.